The van der Waals surface area contributed by atoms with E-state index in [-0.39, 0.29) is 107 Å². The molecule has 0 spiro atoms. The number of nitrogens with zero attached hydrogens (tertiary/aromatic N) is 4. The zero-order valence-corrected chi connectivity index (χ0v) is 38.1. The Morgan fingerprint density at radius 1 is 0.731 bits per heavy atom. The zero-order chi connectivity index (χ0) is 48.3. The van der Waals surface area contributed by atoms with E-state index >= 15 is 0 Å². The van der Waals surface area contributed by atoms with Crippen LogP contribution in [0.4, 0.5) is 22.0 Å². The average molecular weight is 958 g/mol. The van der Waals surface area contributed by atoms with Crippen LogP contribution in [-0.2, 0) is 22.6 Å². The zero-order valence-electron chi connectivity index (χ0n) is 38.3. The van der Waals surface area contributed by atoms with Crippen LogP contribution < -0.4 is 57.5 Å². The molecule has 4 aliphatic heterocycles. The minimum Gasteiger partial charge on any atom is -1.00 e. The van der Waals surface area contributed by atoms with E-state index in [4.69, 9.17) is 15.6 Å². The molecule has 4 atom stereocenters. The van der Waals surface area contributed by atoms with E-state index in [0.29, 0.717) is 56.8 Å². The number of alkyl halides is 1. The SMILES string of the molecule is CCN1C[C@@H]2C[C@@H](OC)c3c(C(=O)NCc4ccc(F)cc4F)c(=O)c(O)c(n32)C1=O.CCN1C[C@@H]2C[C@@H](OC)c3c(C(=O)NCc4ccc(F)cc4F)c(=O)c(OC)c(n32)C1=O.[2H]CF.[Cl-].[Li+]. The van der Waals surface area contributed by atoms with Crippen molar-refractivity contribution in [3.05, 3.63) is 125 Å². The molecule has 0 bridgehead atoms. The maximum Gasteiger partial charge on any atom is 1.00 e. The topological polar surface area (TPSA) is 191 Å². The van der Waals surface area contributed by atoms with Crippen LogP contribution in [0, 0.1) is 23.3 Å². The molecule has 4 aromatic rings. The monoisotopic (exact) mass is 957 g/mol. The molecular formula is C44H47ClF5LiN6O10. The molecular weight excluding hydrogens is 910 g/mol. The van der Waals surface area contributed by atoms with Gasteiger partial charge in [0.25, 0.3) is 23.6 Å². The number of benzene rings is 2. The summed E-state index contributed by atoms with van der Waals surface area (Å²) in [6.07, 6.45) is -0.314. The number of nitrogens with one attached hydrogen (secondary N) is 2. The van der Waals surface area contributed by atoms with Gasteiger partial charge in [-0.2, -0.15) is 0 Å². The number of amides is 4. The molecule has 356 valence electrons. The normalized spacial score (nSPS) is 18.4. The Kier molecular flexibility index (Phi) is 17.5. The van der Waals surface area contributed by atoms with Crippen molar-refractivity contribution in [2.24, 2.45) is 0 Å². The maximum absolute atomic E-state index is 14.0. The Bertz CT molecular complexity index is 2710. The van der Waals surface area contributed by atoms with Crippen molar-refractivity contribution < 1.29 is 93.1 Å². The number of halogens is 6. The number of rotatable bonds is 11. The molecule has 8 rings (SSSR count). The van der Waals surface area contributed by atoms with Crippen molar-refractivity contribution in [3.8, 4) is 11.5 Å². The van der Waals surface area contributed by atoms with Gasteiger partial charge in [0, 0.05) is 89.6 Å². The molecule has 0 radical (unpaired) electrons. The summed E-state index contributed by atoms with van der Waals surface area (Å²) in [6, 6.07) is 5.51. The number of hydrogen-bond donors (Lipinski definition) is 3. The first-order valence-electron chi connectivity index (χ1n) is 21.0. The molecule has 0 unspecified atom stereocenters. The molecule has 0 saturated carbocycles. The molecule has 23 heteroatoms. The number of aromatic hydroxyl groups is 1. The Morgan fingerprint density at radius 2 is 1.13 bits per heavy atom. The van der Waals surface area contributed by atoms with Crippen LogP contribution >= 0.6 is 0 Å². The van der Waals surface area contributed by atoms with E-state index in [9.17, 15) is 55.8 Å². The van der Waals surface area contributed by atoms with Crippen molar-refractivity contribution in [1.82, 2.24) is 29.6 Å². The first-order valence-corrected chi connectivity index (χ1v) is 20.3. The van der Waals surface area contributed by atoms with Crippen molar-refractivity contribution in [1.29, 1.82) is 0 Å². The van der Waals surface area contributed by atoms with Gasteiger partial charge in [0.05, 0.1) is 39.1 Å². The summed E-state index contributed by atoms with van der Waals surface area (Å²) < 4.78 is 89.1. The average Bonchev–Trinajstić information content (AvgIpc) is 3.84. The van der Waals surface area contributed by atoms with E-state index in [0.717, 1.165) is 12.1 Å². The second-order valence-corrected chi connectivity index (χ2v) is 15.2. The van der Waals surface area contributed by atoms with Crippen LogP contribution in [0.5, 0.6) is 11.5 Å². The maximum atomic E-state index is 14.0. The van der Waals surface area contributed by atoms with Gasteiger partial charge in [0.2, 0.25) is 10.9 Å². The fourth-order valence-electron chi connectivity index (χ4n) is 8.84. The number of methoxy groups -OCH3 is 3. The summed E-state index contributed by atoms with van der Waals surface area (Å²) in [4.78, 5) is 81.2. The Balaban J connectivity index is 0.000000273. The third-order valence-electron chi connectivity index (χ3n) is 11.9. The minimum absolute atomic E-state index is 0. The second kappa shape index (κ2) is 22.4. The molecule has 2 aromatic heterocycles. The van der Waals surface area contributed by atoms with Gasteiger partial charge in [-0.3, -0.25) is 33.2 Å². The molecule has 0 aliphatic carbocycles. The van der Waals surface area contributed by atoms with E-state index < -0.39 is 77.0 Å². The molecule has 16 nitrogen and oxygen atoms in total. The number of pyridine rings is 2. The molecule has 3 N–H and O–H groups in total. The molecule has 67 heavy (non-hydrogen) atoms. The molecule has 0 saturated heterocycles. The number of ether oxygens (including phenoxy) is 3. The summed E-state index contributed by atoms with van der Waals surface area (Å²) in [5.74, 6) is -6.59. The number of carbonyl (C=O) groups excluding carboxylic acids is 4. The Labute approximate surface area is 400 Å². The predicted octanol–water partition coefficient (Wildman–Crippen LogP) is -1.36. The number of hydrogen-bond acceptors (Lipinski definition) is 10. The largest absolute Gasteiger partial charge is 1.00 e. The standard InChI is InChI=1S/C22H23F2N3O5.C21H21F2N3O5.CH3F.ClH.Li/c1-4-26-10-13-8-15(31-2)17-16(19(28)20(32-3)18(22(26)30)27(13)17)21(29)25-9-11-5-6-12(23)7-14(11)24;1-3-25-9-12-7-14(31-2)16-15(18(27)19(28)17(21(25)30)26(12)16)20(29)24-8-10-4-5-11(22)6-13(10)23;1-2;;/h5-7,13,15H,4,8-10H2,1-3H3,(H,25,29);4-6,12,14,28H,3,7-9H2,1-2H3,(H,24,29);1H3;1H;/q;;;;+1/p-1/t13-,15+;12-,14+;;;/m00.../s1/i;;1D;;. The van der Waals surface area contributed by atoms with Crippen molar-refractivity contribution in [2.45, 2.75) is 64.1 Å². The van der Waals surface area contributed by atoms with Crippen LogP contribution in [0.3, 0.4) is 0 Å². The summed E-state index contributed by atoms with van der Waals surface area (Å²) in [6.45, 7) is 4.74. The third kappa shape index (κ3) is 9.83. The van der Waals surface area contributed by atoms with Crippen LogP contribution in [-0.4, -0.2) is 102 Å². The second-order valence-electron chi connectivity index (χ2n) is 15.2. The summed E-state index contributed by atoms with van der Waals surface area (Å²) in [5.41, 5.74) is -1.72. The van der Waals surface area contributed by atoms with Crippen molar-refractivity contribution in [3.63, 3.8) is 0 Å². The fourth-order valence-corrected chi connectivity index (χ4v) is 8.84. The quantitative estimate of drug-likeness (QED) is 0.120. The van der Waals surface area contributed by atoms with Gasteiger partial charge in [-0.15, -0.1) is 0 Å². The molecule has 4 amide bonds. The van der Waals surface area contributed by atoms with Gasteiger partial charge in [-0.25, -0.2) is 17.6 Å². The van der Waals surface area contributed by atoms with Crippen molar-refractivity contribution >= 4 is 23.6 Å². The van der Waals surface area contributed by atoms with E-state index in [1.165, 1.54) is 42.9 Å². The van der Waals surface area contributed by atoms with Crippen LogP contribution in [0.15, 0.2) is 46.0 Å². The summed E-state index contributed by atoms with van der Waals surface area (Å²) in [7, 11) is 3.17. The summed E-state index contributed by atoms with van der Waals surface area (Å²) >= 11 is 0. The van der Waals surface area contributed by atoms with Crippen molar-refractivity contribution in [2.75, 3.05) is 54.7 Å². The van der Waals surface area contributed by atoms with Gasteiger partial charge in [-0.05, 0) is 26.0 Å². The van der Waals surface area contributed by atoms with Crippen LogP contribution in [0.2, 0.25) is 0 Å². The summed E-state index contributed by atoms with van der Waals surface area (Å²) in [5, 5.41) is 15.5. The number of aromatic nitrogens is 2. The van der Waals surface area contributed by atoms with Crippen LogP contribution in [0.1, 0.15) is 117 Å². The smallest absolute Gasteiger partial charge is 1.00 e. The van der Waals surface area contributed by atoms with Gasteiger partial charge < -0.3 is 61.3 Å². The Morgan fingerprint density at radius 3 is 1.52 bits per heavy atom. The fraction of sp³-hybridized carbons (Fsp3) is 0.409. The van der Waals surface area contributed by atoms with Crippen LogP contribution in [0.25, 0.3) is 0 Å². The van der Waals surface area contributed by atoms with Gasteiger partial charge >= 0.3 is 18.9 Å². The minimum atomic E-state index is -1.00. The molecule has 2 aromatic carbocycles. The first-order chi connectivity index (χ1) is 31.5. The first kappa shape index (κ1) is 52.2. The molecule has 6 heterocycles. The van der Waals surface area contributed by atoms with Gasteiger partial charge in [0.15, 0.2) is 22.9 Å². The number of carbonyl (C=O) groups is 4. The Hall–Kier alpha value is -5.72. The van der Waals surface area contributed by atoms with E-state index in [1.807, 2.05) is 6.92 Å². The predicted molar refractivity (Wildman–Crippen MR) is 222 cm³/mol. The third-order valence-corrected chi connectivity index (χ3v) is 11.9. The van der Waals surface area contributed by atoms with Gasteiger partial charge in [0.1, 0.15) is 46.6 Å². The molecule has 4 aliphatic rings. The number of likely N-dealkylation sites (N-methyl/N-ethyl adjacent to an activating group) is 2. The van der Waals surface area contributed by atoms with E-state index in [2.05, 4.69) is 10.6 Å². The molecule has 0 fully saturated rings. The van der Waals surface area contributed by atoms with E-state index in [1.54, 1.807) is 16.4 Å². The van der Waals surface area contributed by atoms with Gasteiger partial charge in [-0.1, -0.05) is 12.1 Å².